The van der Waals surface area contributed by atoms with E-state index in [4.69, 9.17) is 0 Å². The third-order valence-electron chi connectivity index (χ3n) is 3.89. The number of aromatic amines is 1. The Balaban J connectivity index is 1.68. The molecule has 1 unspecified atom stereocenters. The molecule has 108 valence electrons. The number of piperidine rings is 1. The molecule has 7 heteroatoms. The van der Waals surface area contributed by atoms with Gasteiger partial charge in [0.2, 0.25) is 0 Å². The van der Waals surface area contributed by atoms with Gasteiger partial charge in [-0.1, -0.05) is 0 Å². The van der Waals surface area contributed by atoms with Crippen LogP contribution in [0.15, 0.2) is 12.3 Å². The van der Waals surface area contributed by atoms with Gasteiger partial charge in [-0.25, -0.2) is 9.18 Å². The van der Waals surface area contributed by atoms with Gasteiger partial charge in [-0.05, 0) is 12.8 Å². The molecule has 2 fully saturated rings. The van der Waals surface area contributed by atoms with Crippen LogP contribution in [0.25, 0.3) is 0 Å². The molecular weight excluding hydrogens is 263 g/mol. The van der Waals surface area contributed by atoms with Crippen LogP contribution in [0, 0.1) is 5.82 Å². The summed E-state index contributed by atoms with van der Waals surface area (Å²) in [5.41, 5.74) is 0.258. The molecule has 1 aromatic heterocycles. The number of nitrogens with zero attached hydrogens (tertiary/aromatic N) is 2. The fourth-order valence-electron chi connectivity index (χ4n) is 2.89. The normalized spacial score (nSPS) is 23.1. The average Bonchev–Trinajstić information content (AvgIpc) is 3.07. The number of carbonyl (C=O) groups is 2. The summed E-state index contributed by atoms with van der Waals surface area (Å²) < 4.78 is 13.0. The van der Waals surface area contributed by atoms with Crippen LogP contribution in [0.5, 0.6) is 0 Å². The van der Waals surface area contributed by atoms with Crippen LogP contribution < -0.4 is 5.32 Å². The summed E-state index contributed by atoms with van der Waals surface area (Å²) in [6.07, 6.45) is 2.92. The Hall–Kier alpha value is -2.05. The van der Waals surface area contributed by atoms with Crippen LogP contribution in [-0.4, -0.2) is 58.9 Å². The topological polar surface area (TPSA) is 68.4 Å². The molecule has 0 radical (unpaired) electrons. The minimum atomic E-state index is -0.444. The molecule has 2 aliphatic heterocycles. The monoisotopic (exact) mass is 280 g/mol. The Labute approximate surface area is 115 Å². The second-order valence-electron chi connectivity index (χ2n) is 5.20. The Morgan fingerprint density at radius 1 is 1.40 bits per heavy atom. The van der Waals surface area contributed by atoms with Crippen molar-refractivity contribution in [2.75, 3.05) is 26.2 Å². The molecule has 1 aromatic rings. The van der Waals surface area contributed by atoms with Gasteiger partial charge in [-0.3, -0.25) is 4.79 Å². The third kappa shape index (κ3) is 2.35. The van der Waals surface area contributed by atoms with Gasteiger partial charge in [0.15, 0.2) is 0 Å². The van der Waals surface area contributed by atoms with E-state index in [-0.39, 0.29) is 23.7 Å². The average molecular weight is 280 g/mol. The van der Waals surface area contributed by atoms with Crippen LogP contribution in [0.4, 0.5) is 9.18 Å². The number of halogens is 1. The number of urea groups is 1. The molecule has 0 aliphatic carbocycles. The van der Waals surface area contributed by atoms with Crippen molar-refractivity contribution < 1.29 is 14.0 Å². The van der Waals surface area contributed by atoms with E-state index in [1.807, 2.05) is 0 Å². The smallest absolute Gasteiger partial charge is 0.317 e. The lowest BCUT2D eigenvalue weighted by atomic mass is 10.0. The van der Waals surface area contributed by atoms with E-state index in [2.05, 4.69) is 10.3 Å². The Kier molecular flexibility index (Phi) is 3.33. The maximum Gasteiger partial charge on any atom is 0.317 e. The number of amides is 3. The number of hydrogen-bond acceptors (Lipinski definition) is 2. The number of aromatic nitrogens is 1. The third-order valence-corrected chi connectivity index (χ3v) is 3.89. The number of H-pyrrole nitrogens is 1. The predicted octanol–water partition coefficient (Wildman–Crippen LogP) is 0.784. The molecule has 2 aliphatic rings. The lowest BCUT2D eigenvalue weighted by Gasteiger charge is -2.36. The molecule has 3 rings (SSSR count). The number of nitrogens with one attached hydrogen (secondary N) is 2. The maximum atomic E-state index is 13.0. The fraction of sp³-hybridized carbons (Fsp3) is 0.538. The summed E-state index contributed by atoms with van der Waals surface area (Å²) >= 11 is 0. The van der Waals surface area contributed by atoms with Crippen molar-refractivity contribution in [3.63, 3.8) is 0 Å². The number of rotatable bonds is 2. The van der Waals surface area contributed by atoms with Crippen LogP contribution in [0.3, 0.4) is 0 Å². The molecular formula is C13H17FN4O2. The van der Waals surface area contributed by atoms with Crippen molar-refractivity contribution >= 4 is 11.9 Å². The predicted molar refractivity (Wildman–Crippen MR) is 69.8 cm³/mol. The zero-order valence-corrected chi connectivity index (χ0v) is 11.1. The molecule has 6 nitrogen and oxygen atoms in total. The van der Waals surface area contributed by atoms with Gasteiger partial charge < -0.3 is 20.1 Å². The van der Waals surface area contributed by atoms with Gasteiger partial charge in [0.05, 0.1) is 6.04 Å². The summed E-state index contributed by atoms with van der Waals surface area (Å²) in [6.45, 7) is 2.49. The first-order valence-electron chi connectivity index (χ1n) is 6.83. The van der Waals surface area contributed by atoms with Crippen molar-refractivity contribution in [2.24, 2.45) is 0 Å². The minimum absolute atomic E-state index is 0.0509. The molecule has 3 heterocycles. The first kappa shape index (κ1) is 13.0. The highest BCUT2D eigenvalue weighted by atomic mass is 19.1. The standard InChI is InChI=1S/C13H17FN4O2/c14-9-6-11(16-7-9)12(19)17-4-1-2-10(8-17)18-5-3-15-13(18)20/h6-7,10,16H,1-5,8H2,(H,15,20). The highest BCUT2D eigenvalue weighted by Gasteiger charge is 2.33. The zero-order valence-electron chi connectivity index (χ0n) is 11.1. The largest absolute Gasteiger partial charge is 0.355 e. The van der Waals surface area contributed by atoms with Gasteiger partial charge >= 0.3 is 6.03 Å². The molecule has 3 amide bonds. The van der Waals surface area contributed by atoms with E-state index in [9.17, 15) is 14.0 Å². The molecule has 20 heavy (non-hydrogen) atoms. The summed E-state index contributed by atoms with van der Waals surface area (Å²) in [7, 11) is 0. The minimum Gasteiger partial charge on any atom is -0.355 e. The van der Waals surface area contributed by atoms with E-state index in [0.717, 1.165) is 12.8 Å². The van der Waals surface area contributed by atoms with Crippen LogP contribution >= 0.6 is 0 Å². The number of carbonyl (C=O) groups excluding carboxylic acids is 2. The van der Waals surface area contributed by atoms with Crippen molar-refractivity contribution in [3.8, 4) is 0 Å². The van der Waals surface area contributed by atoms with Gasteiger partial charge in [0.1, 0.15) is 11.5 Å². The van der Waals surface area contributed by atoms with E-state index >= 15 is 0 Å². The second-order valence-corrected chi connectivity index (χ2v) is 5.20. The lowest BCUT2D eigenvalue weighted by molar-refractivity contribution is 0.0629. The molecule has 0 bridgehead atoms. The molecule has 2 saturated heterocycles. The highest BCUT2D eigenvalue weighted by Crippen LogP contribution is 2.19. The van der Waals surface area contributed by atoms with Crippen molar-refractivity contribution in [1.82, 2.24) is 20.1 Å². The van der Waals surface area contributed by atoms with Gasteiger partial charge in [0, 0.05) is 38.4 Å². The van der Waals surface area contributed by atoms with Crippen molar-refractivity contribution in [3.05, 3.63) is 23.8 Å². The number of hydrogen-bond donors (Lipinski definition) is 2. The summed E-state index contributed by atoms with van der Waals surface area (Å²) in [6, 6.07) is 1.19. The van der Waals surface area contributed by atoms with E-state index in [1.165, 1.54) is 12.3 Å². The summed E-state index contributed by atoms with van der Waals surface area (Å²) in [5.74, 6) is -0.654. The zero-order chi connectivity index (χ0) is 14.1. The van der Waals surface area contributed by atoms with Gasteiger partial charge in [0.25, 0.3) is 5.91 Å². The van der Waals surface area contributed by atoms with E-state index in [1.54, 1.807) is 9.80 Å². The molecule has 0 aromatic carbocycles. The highest BCUT2D eigenvalue weighted by molar-refractivity contribution is 5.92. The summed E-state index contributed by atoms with van der Waals surface area (Å²) in [5, 5.41) is 2.77. The lowest BCUT2D eigenvalue weighted by Crippen LogP contribution is -2.50. The summed E-state index contributed by atoms with van der Waals surface area (Å²) in [4.78, 5) is 30.1. The quantitative estimate of drug-likeness (QED) is 0.840. The first-order valence-corrected chi connectivity index (χ1v) is 6.83. The Morgan fingerprint density at radius 2 is 2.25 bits per heavy atom. The first-order chi connectivity index (χ1) is 9.65. The number of likely N-dealkylation sites (tertiary alicyclic amines) is 1. The Bertz CT molecular complexity index is 530. The molecule has 2 N–H and O–H groups in total. The van der Waals surface area contributed by atoms with E-state index in [0.29, 0.717) is 26.2 Å². The maximum absolute atomic E-state index is 13.0. The second kappa shape index (κ2) is 5.15. The van der Waals surface area contributed by atoms with Crippen LogP contribution in [0.1, 0.15) is 23.3 Å². The van der Waals surface area contributed by atoms with Crippen molar-refractivity contribution in [1.29, 1.82) is 0 Å². The SMILES string of the molecule is O=C(c1cc(F)c[nH]1)N1CCCC(N2CCNC2=O)C1. The van der Waals surface area contributed by atoms with Gasteiger partial charge in [-0.15, -0.1) is 0 Å². The van der Waals surface area contributed by atoms with Crippen LogP contribution in [0.2, 0.25) is 0 Å². The molecule has 0 spiro atoms. The Morgan fingerprint density at radius 3 is 2.90 bits per heavy atom. The molecule has 0 saturated carbocycles. The fourth-order valence-corrected chi connectivity index (χ4v) is 2.89. The van der Waals surface area contributed by atoms with Gasteiger partial charge in [-0.2, -0.15) is 0 Å². The van der Waals surface area contributed by atoms with E-state index < -0.39 is 5.82 Å². The van der Waals surface area contributed by atoms with Crippen molar-refractivity contribution in [2.45, 2.75) is 18.9 Å². The van der Waals surface area contributed by atoms with Crippen LogP contribution in [-0.2, 0) is 0 Å². The molecule has 1 atom stereocenters.